The van der Waals surface area contributed by atoms with Crippen molar-refractivity contribution in [2.75, 3.05) is 26.1 Å². The van der Waals surface area contributed by atoms with E-state index in [0.717, 1.165) is 16.8 Å². The van der Waals surface area contributed by atoms with Gasteiger partial charge >= 0.3 is 0 Å². The number of hydrogen-bond donors (Lipinski definition) is 2. The Bertz CT molecular complexity index is 1260. The number of methoxy groups -OCH3 is 2. The molecule has 0 heterocycles. The van der Waals surface area contributed by atoms with E-state index in [0.29, 0.717) is 32.8 Å². The van der Waals surface area contributed by atoms with Gasteiger partial charge in [-0.3, -0.25) is 9.59 Å². The Morgan fingerprint density at radius 2 is 1.83 bits per heavy atom. The molecule has 0 saturated heterocycles. The molecular formula is C26H26BrN3O5. The van der Waals surface area contributed by atoms with Gasteiger partial charge in [0.25, 0.3) is 11.8 Å². The first-order valence-electron chi connectivity index (χ1n) is 10.7. The minimum absolute atomic E-state index is 0.202. The van der Waals surface area contributed by atoms with E-state index in [1.54, 1.807) is 36.4 Å². The highest BCUT2D eigenvalue weighted by Crippen LogP contribution is 2.36. The van der Waals surface area contributed by atoms with Crippen LogP contribution in [0.2, 0.25) is 0 Å². The maximum atomic E-state index is 12.4. The predicted octanol–water partition coefficient (Wildman–Crippen LogP) is 4.86. The van der Waals surface area contributed by atoms with Crippen LogP contribution in [0, 0.1) is 13.8 Å². The molecule has 0 spiro atoms. The molecule has 2 amide bonds. The molecule has 2 N–H and O–H groups in total. The van der Waals surface area contributed by atoms with E-state index < -0.39 is 0 Å². The third kappa shape index (κ3) is 7.07. The number of ether oxygens (including phenoxy) is 3. The molecule has 182 valence electrons. The normalized spacial score (nSPS) is 10.7. The van der Waals surface area contributed by atoms with Gasteiger partial charge in [0, 0.05) is 11.3 Å². The van der Waals surface area contributed by atoms with E-state index in [4.69, 9.17) is 14.2 Å². The molecule has 0 aliphatic heterocycles. The van der Waals surface area contributed by atoms with Crippen molar-refractivity contribution in [1.29, 1.82) is 0 Å². The molecule has 35 heavy (non-hydrogen) atoms. The quantitative estimate of drug-likeness (QED) is 0.298. The van der Waals surface area contributed by atoms with Crippen molar-refractivity contribution in [2.24, 2.45) is 5.10 Å². The van der Waals surface area contributed by atoms with Crippen LogP contribution in [-0.4, -0.2) is 38.9 Å². The zero-order valence-corrected chi connectivity index (χ0v) is 21.4. The summed E-state index contributed by atoms with van der Waals surface area (Å²) >= 11 is 3.45. The number of hydrogen-bond acceptors (Lipinski definition) is 6. The van der Waals surface area contributed by atoms with Crippen LogP contribution in [0.25, 0.3) is 0 Å². The maximum absolute atomic E-state index is 12.4. The minimum Gasteiger partial charge on any atom is -0.497 e. The van der Waals surface area contributed by atoms with Gasteiger partial charge in [0.1, 0.15) is 5.75 Å². The van der Waals surface area contributed by atoms with Crippen LogP contribution < -0.4 is 25.0 Å². The molecule has 0 fully saturated rings. The van der Waals surface area contributed by atoms with Crippen LogP contribution in [0.15, 0.2) is 64.2 Å². The summed E-state index contributed by atoms with van der Waals surface area (Å²) in [5.41, 5.74) is 6.37. The average Bonchev–Trinajstić information content (AvgIpc) is 2.84. The van der Waals surface area contributed by atoms with Crippen LogP contribution >= 0.6 is 15.9 Å². The molecule has 0 atom stereocenters. The maximum Gasteiger partial charge on any atom is 0.271 e. The van der Waals surface area contributed by atoms with Crippen molar-refractivity contribution in [2.45, 2.75) is 13.8 Å². The number of anilines is 1. The van der Waals surface area contributed by atoms with Crippen molar-refractivity contribution in [3.05, 3.63) is 81.3 Å². The summed E-state index contributed by atoms with van der Waals surface area (Å²) in [6.07, 6.45) is 1.47. The summed E-state index contributed by atoms with van der Waals surface area (Å²) in [5, 5.41) is 6.85. The van der Waals surface area contributed by atoms with Crippen molar-refractivity contribution in [3.8, 4) is 17.2 Å². The number of carbonyl (C=O) groups is 2. The average molecular weight is 540 g/mol. The van der Waals surface area contributed by atoms with Crippen LogP contribution in [-0.2, 0) is 4.79 Å². The Balaban J connectivity index is 1.63. The van der Waals surface area contributed by atoms with Gasteiger partial charge in [0.2, 0.25) is 0 Å². The van der Waals surface area contributed by atoms with E-state index >= 15 is 0 Å². The molecule has 0 aliphatic carbocycles. The van der Waals surface area contributed by atoms with Gasteiger partial charge in [-0.2, -0.15) is 5.10 Å². The topological polar surface area (TPSA) is 98.3 Å². The summed E-state index contributed by atoms with van der Waals surface area (Å²) in [6, 6.07) is 16.0. The number of rotatable bonds is 9. The highest BCUT2D eigenvalue weighted by molar-refractivity contribution is 9.10. The van der Waals surface area contributed by atoms with Gasteiger partial charge in [0.15, 0.2) is 18.1 Å². The second-order valence-electron chi connectivity index (χ2n) is 7.62. The monoisotopic (exact) mass is 539 g/mol. The van der Waals surface area contributed by atoms with Gasteiger partial charge in [-0.1, -0.05) is 23.8 Å². The fourth-order valence-corrected chi connectivity index (χ4v) is 3.80. The Kier molecular flexibility index (Phi) is 8.86. The standard InChI is InChI=1S/C26H26BrN3O5/c1-16-8-9-22(17(2)10-16)29-24(31)15-35-25-21(27)11-18(12-23(25)34-4)14-28-30-26(32)19-6-5-7-20(13-19)33-3/h5-14H,15H2,1-4H3,(H,29,31)(H,30,32)/b28-14+. The molecule has 3 rings (SSSR count). The molecule has 0 aliphatic rings. The van der Waals surface area contributed by atoms with E-state index in [1.165, 1.54) is 20.4 Å². The van der Waals surface area contributed by atoms with Crippen LogP contribution in [0.5, 0.6) is 17.2 Å². The van der Waals surface area contributed by atoms with Crippen molar-refractivity contribution in [1.82, 2.24) is 5.43 Å². The molecule has 8 nitrogen and oxygen atoms in total. The highest BCUT2D eigenvalue weighted by Gasteiger charge is 2.14. The zero-order valence-electron chi connectivity index (χ0n) is 19.8. The number of nitrogens with zero attached hydrogens (tertiary/aromatic N) is 1. The predicted molar refractivity (Wildman–Crippen MR) is 139 cm³/mol. The molecule has 0 unspecified atom stereocenters. The van der Waals surface area contributed by atoms with E-state index in [1.807, 2.05) is 32.0 Å². The van der Waals surface area contributed by atoms with Crippen LogP contribution in [0.4, 0.5) is 5.69 Å². The van der Waals surface area contributed by atoms with Crippen LogP contribution in [0.3, 0.4) is 0 Å². The Morgan fingerprint density at radius 1 is 1.03 bits per heavy atom. The third-order valence-electron chi connectivity index (χ3n) is 4.97. The number of nitrogens with one attached hydrogen (secondary N) is 2. The van der Waals surface area contributed by atoms with Gasteiger partial charge in [-0.25, -0.2) is 5.43 Å². The lowest BCUT2D eigenvalue weighted by Crippen LogP contribution is -2.21. The number of halogens is 1. The Labute approximate surface area is 212 Å². The molecule has 0 bridgehead atoms. The fraction of sp³-hybridized carbons (Fsp3) is 0.192. The molecule has 0 saturated carbocycles. The number of carbonyl (C=O) groups excluding carboxylic acids is 2. The number of amides is 2. The first kappa shape index (κ1) is 25.8. The second kappa shape index (κ2) is 12.0. The van der Waals surface area contributed by atoms with Crippen molar-refractivity contribution in [3.63, 3.8) is 0 Å². The lowest BCUT2D eigenvalue weighted by molar-refractivity contribution is -0.118. The van der Waals surface area contributed by atoms with Gasteiger partial charge in [-0.05, 0) is 77.3 Å². The first-order valence-corrected chi connectivity index (χ1v) is 11.4. The summed E-state index contributed by atoms with van der Waals surface area (Å²) < 4.78 is 16.8. The molecule has 9 heteroatoms. The van der Waals surface area contributed by atoms with Crippen LogP contribution in [0.1, 0.15) is 27.0 Å². The highest BCUT2D eigenvalue weighted by atomic mass is 79.9. The number of benzene rings is 3. The Hall–Kier alpha value is -3.85. The van der Waals surface area contributed by atoms with E-state index in [2.05, 4.69) is 31.8 Å². The summed E-state index contributed by atoms with van der Waals surface area (Å²) in [6.45, 7) is 3.73. The number of aryl methyl sites for hydroxylation is 2. The van der Waals surface area contributed by atoms with Crippen molar-refractivity contribution >= 4 is 39.6 Å². The van der Waals surface area contributed by atoms with Gasteiger partial charge in [0.05, 0.1) is 24.9 Å². The summed E-state index contributed by atoms with van der Waals surface area (Å²) in [5.74, 6) is 0.687. The molecular weight excluding hydrogens is 514 g/mol. The number of hydrazone groups is 1. The summed E-state index contributed by atoms with van der Waals surface area (Å²) in [7, 11) is 3.03. The third-order valence-corrected chi connectivity index (χ3v) is 5.56. The smallest absolute Gasteiger partial charge is 0.271 e. The Morgan fingerprint density at radius 3 is 2.54 bits per heavy atom. The molecule has 3 aromatic rings. The van der Waals surface area contributed by atoms with E-state index in [9.17, 15) is 9.59 Å². The second-order valence-corrected chi connectivity index (χ2v) is 8.47. The minimum atomic E-state index is -0.374. The van der Waals surface area contributed by atoms with E-state index in [-0.39, 0.29) is 18.4 Å². The fourth-order valence-electron chi connectivity index (χ4n) is 3.23. The largest absolute Gasteiger partial charge is 0.497 e. The molecule has 0 aromatic heterocycles. The molecule has 0 radical (unpaired) electrons. The summed E-state index contributed by atoms with van der Waals surface area (Å²) in [4.78, 5) is 24.7. The lowest BCUT2D eigenvalue weighted by atomic mass is 10.1. The molecule has 3 aromatic carbocycles. The van der Waals surface area contributed by atoms with Gasteiger partial charge < -0.3 is 19.5 Å². The lowest BCUT2D eigenvalue weighted by Gasteiger charge is -2.14. The SMILES string of the molecule is COc1cccc(C(=O)N/N=C/c2cc(Br)c(OCC(=O)Nc3ccc(C)cc3C)c(OC)c2)c1. The first-order chi connectivity index (χ1) is 16.8. The van der Waals surface area contributed by atoms with Crippen molar-refractivity contribution < 1.29 is 23.8 Å². The zero-order chi connectivity index (χ0) is 25.4. The van der Waals surface area contributed by atoms with Gasteiger partial charge in [-0.15, -0.1) is 0 Å².